The van der Waals surface area contributed by atoms with Gasteiger partial charge in [-0.15, -0.1) is 0 Å². The molecular formula is C18H18F2N2O3. The minimum atomic E-state index is -0.938. The molecule has 1 aliphatic rings. The van der Waals surface area contributed by atoms with Gasteiger partial charge in [-0.3, -0.25) is 0 Å². The number of ether oxygens (including phenoxy) is 2. The average molecular weight is 348 g/mol. The highest BCUT2D eigenvalue weighted by molar-refractivity contribution is 5.74. The molecule has 0 bridgehead atoms. The van der Waals surface area contributed by atoms with E-state index in [2.05, 4.69) is 5.32 Å². The molecular weight excluding hydrogens is 330 g/mol. The molecule has 0 saturated carbocycles. The van der Waals surface area contributed by atoms with E-state index in [0.29, 0.717) is 23.6 Å². The first-order valence-electron chi connectivity index (χ1n) is 7.79. The molecule has 2 aromatic carbocycles. The Kier molecular flexibility index (Phi) is 4.74. The van der Waals surface area contributed by atoms with Gasteiger partial charge in [0.2, 0.25) is 6.79 Å². The molecule has 0 spiro atoms. The summed E-state index contributed by atoms with van der Waals surface area (Å²) < 4.78 is 36.9. The van der Waals surface area contributed by atoms with E-state index in [1.54, 1.807) is 20.0 Å². The molecule has 0 radical (unpaired) electrons. The van der Waals surface area contributed by atoms with Gasteiger partial charge in [0.25, 0.3) is 0 Å². The molecule has 1 unspecified atom stereocenters. The maximum Gasteiger partial charge on any atom is 0.317 e. The number of hydrogen-bond donors (Lipinski definition) is 1. The van der Waals surface area contributed by atoms with Crippen LogP contribution in [0.25, 0.3) is 0 Å². The minimum Gasteiger partial charge on any atom is -0.454 e. The second kappa shape index (κ2) is 6.96. The molecule has 2 amide bonds. The zero-order valence-electron chi connectivity index (χ0n) is 13.9. The van der Waals surface area contributed by atoms with Crippen LogP contribution in [0.15, 0.2) is 36.4 Å². The number of rotatable bonds is 4. The Morgan fingerprint density at radius 2 is 1.92 bits per heavy atom. The van der Waals surface area contributed by atoms with E-state index in [9.17, 15) is 13.6 Å². The fourth-order valence-corrected chi connectivity index (χ4v) is 2.55. The van der Waals surface area contributed by atoms with Crippen LogP contribution < -0.4 is 14.8 Å². The molecule has 0 saturated heterocycles. The Hall–Kier alpha value is -2.83. The third-order valence-electron chi connectivity index (χ3n) is 3.99. The molecule has 1 N–H and O–H groups in total. The van der Waals surface area contributed by atoms with E-state index >= 15 is 0 Å². The van der Waals surface area contributed by atoms with E-state index < -0.39 is 17.7 Å². The number of carbonyl (C=O) groups is 1. The normalized spacial score (nSPS) is 13.4. The lowest BCUT2D eigenvalue weighted by Gasteiger charge is -2.22. The van der Waals surface area contributed by atoms with Crippen molar-refractivity contribution in [2.45, 2.75) is 19.5 Å². The lowest BCUT2D eigenvalue weighted by atomic mass is 10.1. The molecule has 2 aromatic rings. The summed E-state index contributed by atoms with van der Waals surface area (Å²) in [6, 6.07) is 8.27. The van der Waals surface area contributed by atoms with Crippen molar-refractivity contribution in [1.29, 1.82) is 0 Å². The molecule has 25 heavy (non-hydrogen) atoms. The first-order valence-corrected chi connectivity index (χ1v) is 7.79. The highest BCUT2D eigenvalue weighted by Gasteiger charge is 2.17. The summed E-state index contributed by atoms with van der Waals surface area (Å²) in [7, 11) is 1.65. The van der Waals surface area contributed by atoms with Crippen LogP contribution in [0.5, 0.6) is 11.5 Å². The van der Waals surface area contributed by atoms with Crippen LogP contribution in [0.4, 0.5) is 13.6 Å². The summed E-state index contributed by atoms with van der Waals surface area (Å²) in [5, 5.41) is 2.76. The van der Waals surface area contributed by atoms with Crippen LogP contribution in [-0.4, -0.2) is 24.8 Å². The summed E-state index contributed by atoms with van der Waals surface area (Å²) in [6.45, 7) is 2.27. The zero-order valence-corrected chi connectivity index (χ0v) is 13.9. The number of nitrogens with zero attached hydrogens (tertiary/aromatic N) is 1. The van der Waals surface area contributed by atoms with E-state index in [1.165, 1.54) is 11.0 Å². The van der Waals surface area contributed by atoms with E-state index in [1.807, 2.05) is 12.1 Å². The smallest absolute Gasteiger partial charge is 0.317 e. The Morgan fingerprint density at radius 3 is 2.68 bits per heavy atom. The molecule has 0 aromatic heterocycles. The molecule has 1 heterocycles. The van der Waals surface area contributed by atoms with Crippen LogP contribution in [0, 0.1) is 11.6 Å². The fraction of sp³-hybridized carbons (Fsp3) is 0.278. The van der Waals surface area contributed by atoms with Crippen LogP contribution in [-0.2, 0) is 6.54 Å². The Labute approximate surface area is 144 Å². The second-order valence-corrected chi connectivity index (χ2v) is 5.89. The third-order valence-corrected chi connectivity index (χ3v) is 3.99. The summed E-state index contributed by atoms with van der Waals surface area (Å²) in [6.07, 6.45) is 0. The number of benzene rings is 2. The summed E-state index contributed by atoms with van der Waals surface area (Å²) in [5.74, 6) is -0.515. The van der Waals surface area contributed by atoms with Gasteiger partial charge in [-0.2, -0.15) is 0 Å². The fourth-order valence-electron chi connectivity index (χ4n) is 2.55. The number of amides is 2. The number of hydrogen-bond acceptors (Lipinski definition) is 3. The third kappa shape index (κ3) is 3.81. The standard InChI is InChI=1S/C18H18F2N2O3/c1-11(13-4-5-14(19)15(20)8-13)21-18(23)22(2)9-12-3-6-16-17(7-12)25-10-24-16/h3-8,11H,9-10H2,1-2H3,(H,21,23). The summed E-state index contributed by atoms with van der Waals surface area (Å²) >= 11 is 0. The molecule has 0 fully saturated rings. The number of urea groups is 1. The van der Waals surface area contributed by atoms with Gasteiger partial charge in [0.15, 0.2) is 23.1 Å². The Morgan fingerprint density at radius 1 is 1.16 bits per heavy atom. The monoisotopic (exact) mass is 348 g/mol. The van der Waals surface area contributed by atoms with Crippen molar-refractivity contribution < 1.29 is 23.0 Å². The Bertz CT molecular complexity index is 798. The molecule has 1 aliphatic heterocycles. The molecule has 5 nitrogen and oxygen atoms in total. The lowest BCUT2D eigenvalue weighted by molar-refractivity contribution is 0.174. The molecule has 1 atom stereocenters. The maximum absolute atomic E-state index is 13.3. The highest BCUT2D eigenvalue weighted by atomic mass is 19.2. The van der Waals surface area contributed by atoms with Crippen molar-refractivity contribution in [3.05, 3.63) is 59.2 Å². The molecule has 0 aliphatic carbocycles. The van der Waals surface area contributed by atoms with Crippen molar-refractivity contribution in [2.24, 2.45) is 0 Å². The number of nitrogens with one attached hydrogen (secondary N) is 1. The van der Waals surface area contributed by atoms with Gasteiger partial charge in [-0.1, -0.05) is 12.1 Å². The predicted molar refractivity (Wildman–Crippen MR) is 87.3 cm³/mol. The van der Waals surface area contributed by atoms with Gasteiger partial charge in [0.05, 0.1) is 6.04 Å². The zero-order chi connectivity index (χ0) is 18.0. The van der Waals surface area contributed by atoms with Crippen molar-refractivity contribution >= 4 is 6.03 Å². The van der Waals surface area contributed by atoms with E-state index in [-0.39, 0.29) is 12.8 Å². The molecule has 7 heteroatoms. The van der Waals surface area contributed by atoms with E-state index in [4.69, 9.17) is 9.47 Å². The van der Waals surface area contributed by atoms with Gasteiger partial charge in [-0.05, 0) is 42.3 Å². The highest BCUT2D eigenvalue weighted by Crippen LogP contribution is 2.32. The second-order valence-electron chi connectivity index (χ2n) is 5.89. The van der Waals surface area contributed by atoms with Crippen LogP contribution in [0.3, 0.4) is 0 Å². The lowest BCUT2D eigenvalue weighted by Crippen LogP contribution is -2.38. The maximum atomic E-state index is 13.3. The number of carbonyl (C=O) groups excluding carboxylic acids is 1. The van der Waals surface area contributed by atoms with Crippen LogP contribution >= 0.6 is 0 Å². The van der Waals surface area contributed by atoms with Crippen LogP contribution in [0.1, 0.15) is 24.1 Å². The number of fused-ring (bicyclic) bond motifs is 1. The van der Waals surface area contributed by atoms with Crippen LogP contribution in [0.2, 0.25) is 0 Å². The predicted octanol–water partition coefficient (Wildman–Crippen LogP) is 3.60. The summed E-state index contributed by atoms with van der Waals surface area (Å²) in [5.41, 5.74) is 1.38. The van der Waals surface area contributed by atoms with Crippen molar-refractivity contribution in [3.63, 3.8) is 0 Å². The molecule has 3 rings (SSSR count). The van der Waals surface area contributed by atoms with Crippen molar-refractivity contribution in [3.8, 4) is 11.5 Å². The number of halogens is 2. The average Bonchev–Trinajstić information content (AvgIpc) is 3.04. The van der Waals surface area contributed by atoms with Gasteiger partial charge in [0, 0.05) is 13.6 Å². The first-order chi connectivity index (χ1) is 11.9. The topological polar surface area (TPSA) is 50.8 Å². The van der Waals surface area contributed by atoms with Crippen molar-refractivity contribution in [1.82, 2.24) is 10.2 Å². The largest absolute Gasteiger partial charge is 0.454 e. The Balaban J connectivity index is 1.61. The molecule has 132 valence electrons. The van der Waals surface area contributed by atoms with Crippen molar-refractivity contribution in [2.75, 3.05) is 13.8 Å². The van der Waals surface area contributed by atoms with Gasteiger partial charge in [-0.25, -0.2) is 13.6 Å². The first kappa shape index (κ1) is 17.0. The van der Waals surface area contributed by atoms with Gasteiger partial charge < -0.3 is 19.7 Å². The quantitative estimate of drug-likeness (QED) is 0.919. The van der Waals surface area contributed by atoms with E-state index in [0.717, 1.165) is 17.7 Å². The minimum absolute atomic E-state index is 0.195. The van der Waals surface area contributed by atoms with Gasteiger partial charge in [0.1, 0.15) is 0 Å². The van der Waals surface area contributed by atoms with Gasteiger partial charge >= 0.3 is 6.03 Å². The SMILES string of the molecule is CC(NC(=O)N(C)Cc1ccc2c(c1)OCO2)c1ccc(F)c(F)c1. The summed E-state index contributed by atoms with van der Waals surface area (Å²) in [4.78, 5) is 13.8.